The van der Waals surface area contributed by atoms with Gasteiger partial charge in [-0.05, 0) is 31.0 Å². The fourth-order valence-electron chi connectivity index (χ4n) is 2.71. The van der Waals surface area contributed by atoms with Gasteiger partial charge in [-0.2, -0.15) is 5.10 Å². The second-order valence-corrected chi connectivity index (χ2v) is 5.55. The Hall–Kier alpha value is -1.55. The van der Waals surface area contributed by atoms with E-state index >= 15 is 0 Å². The Kier molecular flexibility index (Phi) is 3.19. The molecule has 1 fully saturated rings. The van der Waals surface area contributed by atoms with Gasteiger partial charge in [-0.3, -0.25) is 0 Å². The fraction of sp³-hybridized carbons (Fsp3) is 0.429. The average molecular weight is 277 g/mol. The summed E-state index contributed by atoms with van der Waals surface area (Å²) in [6, 6.07) is 5.45. The largest absolute Gasteiger partial charge is 0.399 e. The van der Waals surface area contributed by atoms with E-state index in [1.807, 2.05) is 13.1 Å². The van der Waals surface area contributed by atoms with Crippen molar-refractivity contribution in [1.29, 1.82) is 0 Å². The smallest absolute Gasteiger partial charge is 0.159 e. The van der Waals surface area contributed by atoms with Crippen LogP contribution in [0, 0.1) is 0 Å². The Balaban J connectivity index is 2.02. The highest BCUT2D eigenvalue weighted by Gasteiger charge is 2.23. The summed E-state index contributed by atoms with van der Waals surface area (Å²) in [5.41, 5.74) is 7.36. The van der Waals surface area contributed by atoms with Crippen molar-refractivity contribution < 1.29 is 0 Å². The number of hydrogen-bond acceptors (Lipinski definition) is 3. The monoisotopic (exact) mass is 276 g/mol. The van der Waals surface area contributed by atoms with Crippen LogP contribution in [0.4, 0.5) is 5.69 Å². The van der Waals surface area contributed by atoms with E-state index < -0.39 is 0 Å². The van der Waals surface area contributed by atoms with E-state index in [0.29, 0.717) is 16.6 Å². The summed E-state index contributed by atoms with van der Waals surface area (Å²) < 4.78 is 1.80. The van der Waals surface area contributed by atoms with Crippen LogP contribution in [-0.4, -0.2) is 14.8 Å². The second kappa shape index (κ2) is 4.85. The topological polar surface area (TPSA) is 56.7 Å². The number of hydrogen-bond donors (Lipinski definition) is 1. The van der Waals surface area contributed by atoms with Crippen LogP contribution >= 0.6 is 11.6 Å². The fourth-order valence-corrected chi connectivity index (χ4v) is 2.91. The number of benzene rings is 1. The van der Waals surface area contributed by atoms with Crippen LogP contribution < -0.4 is 5.73 Å². The minimum atomic E-state index is 0.500. The summed E-state index contributed by atoms with van der Waals surface area (Å²) in [4.78, 5) is 4.68. The van der Waals surface area contributed by atoms with Gasteiger partial charge in [0.2, 0.25) is 0 Å². The number of halogens is 1. The molecule has 0 unspecified atom stereocenters. The molecule has 2 aromatic rings. The average Bonchev–Trinajstić information content (AvgIpc) is 3.01. The van der Waals surface area contributed by atoms with Crippen LogP contribution in [0.25, 0.3) is 11.4 Å². The molecule has 0 aliphatic heterocycles. The van der Waals surface area contributed by atoms with Gasteiger partial charge in [-0.1, -0.05) is 24.4 Å². The first-order valence-electron chi connectivity index (χ1n) is 6.61. The number of nitrogens with two attached hydrogens (primary N) is 1. The molecule has 1 saturated carbocycles. The lowest BCUT2D eigenvalue weighted by atomic mass is 10.1. The van der Waals surface area contributed by atoms with E-state index in [9.17, 15) is 0 Å². The van der Waals surface area contributed by atoms with Crippen molar-refractivity contribution in [3.05, 3.63) is 29.0 Å². The molecule has 1 aromatic heterocycles. The van der Waals surface area contributed by atoms with E-state index in [1.165, 1.54) is 25.7 Å². The van der Waals surface area contributed by atoms with Crippen LogP contribution in [0.1, 0.15) is 37.4 Å². The van der Waals surface area contributed by atoms with Crippen molar-refractivity contribution in [1.82, 2.24) is 14.8 Å². The Labute approximate surface area is 117 Å². The van der Waals surface area contributed by atoms with Crippen molar-refractivity contribution in [2.75, 3.05) is 5.73 Å². The first kappa shape index (κ1) is 12.5. The zero-order valence-corrected chi connectivity index (χ0v) is 11.7. The number of nitrogens with zero attached hydrogens (tertiary/aromatic N) is 3. The molecule has 1 aliphatic rings. The quantitative estimate of drug-likeness (QED) is 0.856. The third kappa shape index (κ3) is 2.32. The normalized spacial score (nSPS) is 16.1. The lowest BCUT2D eigenvalue weighted by molar-refractivity contribution is 0.648. The number of rotatable bonds is 2. The highest BCUT2D eigenvalue weighted by molar-refractivity contribution is 6.33. The molecule has 1 heterocycles. The van der Waals surface area contributed by atoms with Gasteiger partial charge >= 0.3 is 0 Å². The lowest BCUT2D eigenvalue weighted by Crippen LogP contribution is -1.97. The Bertz CT molecular complexity index is 599. The van der Waals surface area contributed by atoms with Crippen LogP contribution in [0.15, 0.2) is 18.2 Å². The second-order valence-electron chi connectivity index (χ2n) is 5.14. The van der Waals surface area contributed by atoms with E-state index in [1.54, 1.807) is 16.8 Å². The maximum atomic E-state index is 6.23. The van der Waals surface area contributed by atoms with Gasteiger partial charge < -0.3 is 5.73 Å². The number of nitrogen functional groups attached to an aromatic ring is 1. The minimum absolute atomic E-state index is 0.500. The zero-order valence-electron chi connectivity index (χ0n) is 10.9. The molecular formula is C14H17ClN4. The van der Waals surface area contributed by atoms with Crippen LogP contribution in [-0.2, 0) is 7.05 Å². The molecule has 100 valence electrons. The Morgan fingerprint density at radius 2 is 2.05 bits per heavy atom. The van der Waals surface area contributed by atoms with Crippen molar-refractivity contribution in [3.63, 3.8) is 0 Å². The van der Waals surface area contributed by atoms with Gasteiger partial charge in [0.05, 0.1) is 5.02 Å². The van der Waals surface area contributed by atoms with Gasteiger partial charge in [-0.25, -0.2) is 9.67 Å². The summed E-state index contributed by atoms with van der Waals surface area (Å²) in [5.74, 6) is 2.23. The summed E-state index contributed by atoms with van der Waals surface area (Å²) >= 11 is 6.23. The summed E-state index contributed by atoms with van der Waals surface area (Å²) in [7, 11) is 1.90. The van der Waals surface area contributed by atoms with Gasteiger partial charge in [0, 0.05) is 24.2 Å². The van der Waals surface area contributed by atoms with Gasteiger partial charge in [0.1, 0.15) is 0 Å². The first-order valence-corrected chi connectivity index (χ1v) is 6.99. The summed E-state index contributed by atoms with van der Waals surface area (Å²) in [5, 5.41) is 5.20. The standard InChI is InChI=1S/C14H17ClN4/c1-19-14(11-8-10(16)6-7-12(11)15)17-13(18-19)9-4-2-3-5-9/h6-9H,2-5,16H2,1H3. The summed E-state index contributed by atoms with van der Waals surface area (Å²) in [6.45, 7) is 0. The van der Waals surface area contributed by atoms with E-state index in [-0.39, 0.29) is 0 Å². The minimum Gasteiger partial charge on any atom is -0.399 e. The molecular weight excluding hydrogens is 260 g/mol. The van der Waals surface area contributed by atoms with Gasteiger partial charge in [0.15, 0.2) is 11.6 Å². The zero-order chi connectivity index (χ0) is 13.4. The molecule has 1 aromatic carbocycles. The highest BCUT2D eigenvalue weighted by Crippen LogP contribution is 2.34. The molecule has 19 heavy (non-hydrogen) atoms. The molecule has 0 amide bonds. The van der Waals surface area contributed by atoms with Crippen molar-refractivity contribution in [3.8, 4) is 11.4 Å². The molecule has 0 radical (unpaired) electrons. The van der Waals surface area contributed by atoms with Crippen molar-refractivity contribution >= 4 is 17.3 Å². The van der Waals surface area contributed by atoms with Gasteiger partial charge in [-0.15, -0.1) is 0 Å². The van der Waals surface area contributed by atoms with Crippen molar-refractivity contribution in [2.45, 2.75) is 31.6 Å². The molecule has 5 heteroatoms. The van der Waals surface area contributed by atoms with Crippen LogP contribution in [0.2, 0.25) is 5.02 Å². The molecule has 0 bridgehead atoms. The third-order valence-corrected chi connectivity index (χ3v) is 4.06. The first-order chi connectivity index (χ1) is 9.15. The predicted molar refractivity (Wildman–Crippen MR) is 77.1 cm³/mol. The highest BCUT2D eigenvalue weighted by atomic mass is 35.5. The molecule has 1 aliphatic carbocycles. The number of aromatic nitrogens is 3. The van der Waals surface area contributed by atoms with Crippen LogP contribution in [0.5, 0.6) is 0 Å². The van der Waals surface area contributed by atoms with E-state index in [0.717, 1.165) is 17.2 Å². The van der Waals surface area contributed by atoms with Crippen LogP contribution in [0.3, 0.4) is 0 Å². The Morgan fingerprint density at radius 3 is 2.79 bits per heavy atom. The molecule has 0 saturated heterocycles. The Morgan fingerprint density at radius 1 is 1.32 bits per heavy atom. The maximum absolute atomic E-state index is 6.23. The molecule has 2 N–H and O–H groups in total. The molecule has 3 rings (SSSR count). The molecule has 0 spiro atoms. The molecule has 4 nitrogen and oxygen atoms in total. The SMILES string of the molecule is Cn1nc(C2CCCC2)nc1-c1cc(N)ccc1Cl. The van der Waals surface area contributed by atoms with Crippen molar-refractivity contribution in [2.24, 2.45) is 7.05 Å². The predicted octanol–water partition coefficient (Wildman–Crippen LogP) is 3.38. The molecule has 0 atom stereocenters. The maximum Gasteiger partial charge on any atom is 0.159 e. The number of anilines is 1. The van der Waals surface area contributed by atoms with E-state index in [2.05, 4.69) is 10.1 Å². The van der Waals surface area contributed by atoms with Gasteiger partial charge in [0.25, 0.3) is 0 Å². The lowest BCUT2D eigenvalue weighted by Gasteiger charge is -2.04. The number of aryl methyl sites for hydroxylation is 1. The third-order valence-electron chi connectivity index (χ3n) is 3.73. The van der Waals surface area contributed by atoms with E-state index in [4.69, 9.17) is 17.3 Å². The summed E-state index contributed by atoms with van der Waals surface area (Å²) in [6.07, 6.45) is 4.93.